The van der Waals surface area contributed by atoms with Crippen LogP contribution in [0.15, 0.2) is 23.4 Å². The minimum Gasteiger partial charge on any atom is -0.450 e. The first kappa shape index (κ1) is 10.4. The highest BCUT2D eigenvalue weighted by Crippen LogP contribution is 2.33. The van der Waals surface area contributed by atoms with Crippen molar-refractivity contribution in [3.8, 4) is 0 Å². The summed E-state index contributed by atoms with van der Waals surface area (Å²) < 4.78 is 4.66. The molecule has 84 valence electrons. The van der Waals surface area contributed by atoms with Gasteiger partial charge < -0.3 is 15.2 Å². The van der Waals surface area contributed by atoms with Gasteiger partial charge in [0.15, 0.2) is 5.72 Å². The summed E-state index contributed by atoms with van der Waals surface area (Å²) in [5.41, 5.74) is -0.0734. The lowest BCUT2D eigenvalue weighted by Gasteiger charge is -2.22. The van der Waals surface area contributed by atoms with Crippen LogP contribution in [0.25, 0.3) is 0 Å². The Hall–Kier alpha value is -2.11. The van der Waals surface area contributed by atoms with E-state index in [1.165, 1.54) is 13.0 Å². The number of rotatable bonds is 1. The van der Waals surface area contributed by atoms with Gasteiger partial charge in [0.05, 0.1) is 0 Å². The average molecular weight is 223 g/mol. The third-order valence-corrected chi connectivity index (χ3v) is 2.41. The van der Waals surface area contributed by atoms with Crippen LogP contribution in [-0.2, 0) is 14.3 Å². The van der Waals surface area contributed by atoms with E-state index in [1.807, 2.05) is 0 Å². The van der Waals surface area contributed by atoms with E-state index in [-0.39, 0.29) is 6.42 Å². The van der Waals surface area contributed by atoms with Crippen LogP contribution in [0.2, 0.25) is 0 Å². The molecule has 0 saturated carbocycles. The van der Waals surface area contributed by atoms with Gasteiger partial charge in [-0.15, -0.1) is 0 Å². The molecule has 0 aromatic heterocycles. The van der Waals surface area contributed by atoms with Crippen molar-refractivity contribution in [1.82, 2.24) is 5.32 Å². The maximum absolute atomic E-state index is 11.1. The van der Waals surface area contributed by atoms with Crippen molar-refractivity contribution >= 4 is 17.7 Å². The van der Waals surface area contributed by atoms with Gasteiger partial charge in [0, 0.05) is 18.2 Å². The molecule has 0 aromatic carbocycles. The van der Waals surface area contributed by atoms with Gasteiger partial charge in [-0.25, -0.2) is 4.79 Å². The predicted molar refractivity (Wildman–Crippen MR) is 51.4 cm³/mol. The maximum Gasteiger partial charge on any atom is 0.507 e. The van der Waals surface area contributed by atoms with E-state index in [2.05, 4.69) is 10.1 Å². The van der Waals surface area contributed by atoms with Crippen LogP contribution in [0.4, 0.5) is 4.79 Å². The summed E-state index contributed by atoms with van der Waals surface area (Å²) in [5.74, 6) is -1.22. The molecule has 0 amide bonds. The van der Waals surface area contributed by atoms with Crippen LogP contribution in [0.5, 0.6) is 0 Å². The Labute approximate surface area is 90.6 Å². The van der Waals surface area contributed by atoms with E-state index >= 15 is 0 Å². The van der Waals surface area contributed by atoms with Crippen molar-refractivity contribution in [1.29, 1.82) is 0 Å². The number of ketones is 2. The highest BCUT2D eigenvalue weighted by molar-refractivity contribution is 6.46. The number of carbonyl (C=O) groups is 3. The molecule has 2 N–H and O–H groups in total. The summed E-state index contributed by atoms with van der Waals surface area (Å²) in [6, 6.07) is 0. The monoisotopic (exact) mass is 223 g/mol. The fraction of sp³-hybridized carbons (Fsp3) is 0.300. The van der Waals surface area contributed by atoms with Gasteiger partial charge >= 0.3 is 6.16 Å². The SMILES string of the molecule is CC1(OC(=O)O)CC2=CC(=O)C(=O)C=C2N1. The molecule has 1 unspecified atom stereocenters. The molecule has 2 aliphatic rings. The first-order valence-corrected chi connectivity index (χ1v) is 4.61. The second-order valence-electron chi connectivity index (χ2n) is 3.86. The van der Waals surface area contributed by atoms with Crippen LogP contribution in [-0.4, -0.2) is 28.6 Å². The van der Waals surface area contributed by atoms with Gasteiger partial charge in [0.1, 0.15) is 0 Å². The Morgan fingerprint density at radius 2 is 2.06 bits per heavy atom. The lowest BCUT2D eigenvalue weighted by Crippen LogP contribution is -2.40. The quantitative estimate of drug-likeness (QED) is 0.378. The molecule has 1 aliphatic heterocycles. The van der Waals surface area contributed by atoms with Crippen LogP contribution in [0, 0.1) is 0 Å². The molecule has 1 heterocycles. The van der Waals surface area contributed by atoms with Crippen molar-refractivity contribution in [2.24, 2.45) is 0 Å². The fourth-order valence-electron chi connectivity index (χ4n) is 1.81. The Balaban J connectivity index is 2.27. The van der Waals surface area contributed by atoms with Crippen molar-refractivity contribution in [2.75, 3.05) is 0 Å². The molecule has 1 saturated heterocycles. The largest absolute Gasteiger partial charge is 0.507 e. The maximum atomic E-state index is 11.1. The zero-order chi connectivity index (χ0) is 11.9. The second kappa shape index (κ2) is 3.19. The normalized spacial score (nSPS) is 27.8. The highest BCUT2D eigenvalue weighted by atomic mass is 16.7. The number of hydrogen-bond donors (Lipinski definition) is 2. The molecular weight excluding hydrogens is 214 g/mol. The van der Waals surface area contributed by atoms with Crippen LogP contribution >= 0.6 is 0 Å². The molecule has 1 aliphatic carbocycles. The second-order valence-corrected chi connectivity index (χ2v) is 3.86. The van der Waals surface area contributed by atoms with Crippen molar-refractivity contribution < 1.29 is 24.2 Å². The summed E-state index contributed by atoms with van der Waals surface area (Å²) in [6.07, 6.45) is 1.19. The Kier molecular flexibility index (Phi) is 2.08. The minimum absolute atomic E-state index is 0.226. The molecule has 0 radical (unpaired) electrons. The van der Waals surface area contributed by atoms with Crippen molar-refractivity contribution in [3.63, 3.8) is 0 Å². The van der Waals surface area contributed by atoms with Crippen LogP contribution < -0.4 is 5.32 Å². The van der Waals surface area contributed by atoms with E-state index < -0.39 is 23.4 Å². The van der Waals surface area contributed by atoms with Crippen molar-refractivity contribution in [2.45, 2.75) is 19.1 Å². The number of carboxylic acid groups (broad SMARTS) is 1. The van der Waals surface area contributed by atoms with Crippen LogP contribution in [0.3, 0.4) is 0 Å². The predicted octanol–water partition coefficient (Wildman–Crippen LogP) is 0.353. The van der Waals surface area contributed by atoms with Gasteiger partial charge in [0.25, 0.3) is 0 Å². The van der Waals surface area contributed by atoms with Gasteiger partial charge in [-0.1, -0.05) is 0 Å². The molecular formula is C10H9NO5. The molecule has 1 atom stereocenters. The number of allylic oxidation sites excluding steroid dienone is 3. The standard InChI is InChI=1S/C10H9NO5/c1-10(16-9(14)15)4-5-2-7(12)8(13)3-6(5)11-10/h2-3,11H,4H2,1H3,(H,14,15). The lowest BCUT2D eigenvalue weighted by molar-refractivity contribution is -0.131. The molecule has 0 bridgehead atoms. The molecule has 6 heteroatoms. The summed E-state index contributed by atoms with van der Waals surface area (Å²) in [7, 11) is 0. The van der Waals surface area contributed by atoms with Gasteiger partial charge in [-0.2, -0.15) is 0 Å². The average Bonchev–Trinajstić information content (AvgIpc) is 2.40. The van der Waals surface area contributed by atoms with E-state index in [0.29, 0.717) is 11.3 Å². The number of hydrogen-bond acceptors (Lipinski definition) is 5. The zero-order valence-corrected chi connectivity index (χ0v) is 8.44. The van der Waals surface area contributed by atoms with Gasteiger partial charge in [0.2, 0.25) is 11.6 Å². The number of carbonyl (C=O) groups excluding carboxylic acids is 2. The molecule has 0 spiro atoms. The van der Waals surface area contributed by atoms with Gasteiger partial charge in [-0.3, -0.25) is 9.59 Å². The summed E-state index contributed by atoms with van der Waals surface area (Å²) >= 11 is 0. The van der Waals surface area contributed by atoms with E-state index in [0.717, 1.165) is 6.08 Å². The number of fused-ring (bicyclic) bond motifs is 1. The lowest BCUT2D eigenvalue weighted by atomic mass is 10.0. The number of ether oxygens (including phenoxy) is 1. The molecule has 0 aromatic rings. The summed E-state index contributed by atoms with van der Waals surface area (Å²) in [5, 5.41) is 11.3. The third-order valence-electron chi connectivity index (χ3n) is 2.41. The fourth-order valence-corrected chi connectivity index (χ4v) is 1.81. The highest BCUT2D eigenvalue weighted by Gasteiger charge is 2.40. The van der Waals surface area contributed by atoms with E-state index in [1.54, 1.807) is 0 Å². The van der Waals surface area contributed by atoms with E-state index in [9.17, 15) is 14.4 Å². The molecule has 6 nitrogen and oxygen atoms in total. The Morgan fingerprint density at radius 3 is 2.69 bits per heavy atom. The first-order valence-electron chi connectivity index (χ1n) is 4.61. The van der Waals surface area contributed by atoms with Gasteiger partial charge in [-0.05, 0) is 18.6 Å². The smallest absolute Gasteiger partial charge is 0.450 e. The van der Waals surface area contributed by atoms with Crippen LogP contribution in [0.1, 0.15) is 13.3 Å². The Morgan fingerprint density at radius 1 is 1.44 bits per heavy atom. The Bertz CT molecular complexity index is 428. The minimum atomic E-state index is -1.41. The first-order chi connectivity index (χ1) is 7.39. The zero-order valence-electron chi connectivity index (χ0n) is 8.44. The summed E-state index contributed by atoms with van der Waals surface area (Å²) in [4.78, 5) is 32.7. The molecule has 16 heavy (non-hydrogen) atoms. The van der Waals surface area contributed by atoms with Crippen molar-refractivity contribution in [3.05, 3.63) is 23.4 Å². The third kappa shape index (κ3) is 1.69. The topological polar surface area (TPSA) is 92.7 Å². The van der Waals surface area contributed by atoms with E-state index in [4.69, 9.17) is 5.11 Å². The number of nitrogens with one attached hydrogen (secondary N) is 1. The molecule has 2 rings (SSSR count). The summed E-state index contributed by atoms with van der Waals surface area (Å²) in [6.45, 7) is 1.54. The molecule has 1 fully saturated rings.